The van der Waals surface area contributed by atoms with Crippen LogP contribution in [0.4, 0.5) is 10.1 Å². The SMILES string of the molecule is Cc1c(N2CCC(CCO)CC2)c(F)cn2c(=O)c(C(=O)O)cc(C3CC3)c12. The lowest BCUT2D eigenvalue weighted by Gasteiger charge is -2.35. The Bertz CT molecular complexity index is 988. The molecular formula is C21H25FN2O4. The Morgan fingerprint density at radius 3 is 2.50 bits per heavy atom. The molecule has 7 heteroatoms. The van der Waals surface area contributed by atoms with Crippen molar-refractivity contribution in [2.45, 2.75) is 44.9 Å². The number of carboxylic acids is 1. The number of nitrogens with zero attached hydrogens (tertiary/aromatic N) is 2. The monoisotopic (exact) mass is 388 g/mol. The highest BCUT2D eigenvalue weighted by Crippen LogP contribution is 2.44. The molecule has 2 aromatic heterocycles. The van der Waals surface area contributed by atoms with Crippen LogP contribution >= 0.6 is 0 Å². The maximum atomic E-state index is 15.1. The first-order chi connectivity index (χ1) is 13.4. The van der Waals surface area contributed by atoms with Crippen molar-refractivity contribution >= 4 is 17.2 Å². The maximum absolute atomic E-state index is 15.1. The van der Waals surface area contributed by atoms with Gasteiger partial charge in [0.1, 0.15) is 5.56 Å². The minimum Gasteiger partial charge on any atom is -0.477 e. The van der Waals surface area contributed by atoms with Crippen molar-refractivity contribution in [2.75, 3.05) is 24.6 Å². The molecule has 0 atom stereocenters. The van der Waals surface area contributed by atoms with E-state index in [1.54, 1.807) is 0 Å². The zero-order valence-corrected chi connectivity index (χ0v) is 15.9. The Hall–Kier alpha value is -2.41. The molecule has 2 fully saturated rings. The summed E-state index contributed by atoms with van der Waals surface area (Å²) in [5.41, 5.74) is 1.67. The Morgan fingerprint density at radius 1 is 1.25 bits per heavy atom. The molecule has 0 radical (unpaired) electrons. The van der Waals surface area contributed by atoms with Crippen LogP contribution in [0.1, 0.15) is 59.5 Å². The molecule has 0 aromatic carbocycles. The average Bonchev–Trinajstić information content (AvgIpc) is 3.49. The van der Waals surface area contributed by atoms with Crippen LogP contribution in [-0.4, -0.2) is 40.3 Å². The Kier molecular flexibility index (Phi) is 4.87. The van der Waals surface area contributed by atoms with Gasteiger partial charge in [-0.25, -0.2) is 9.18 Å². The molecule has 2 aromatic rings. The van der Waals surface area contributed by atoms with Gasteiger partial charge < -0.3 is 15.1 Å². The summed E-state index contributed by atoms with van der Waals surface area (Å²) < 4.78 is 16.3. The van der Waals surface area contributed by atoms with Crippen molar-refractivity contribution in [3.05, 3.63) is 45.1 Å². The van der Waals surface area contributed by atoms with E-state index >= 15 is 4.39 Å². The third-order valence-electron chi connectivity index (χ3n) is 6.16. The summed E-state index contributed by atoms with van der Waals surface area (Å²) in [4.78, 5) is 26.2. The first-order valence-electron chi connectivity index (χ1n) is 9.89. The smallest absolute Gasteiger partial charge is 0.341 e. The Morgan fingerprint density at radius 2 is 1.93 bits per heavy atom. The molecule has 0 amide bonds. The summed E-state index contributed by atoms with van der Waals surface area (Å²) in [5.74, 6) is -1.11. The molecule has 1 saturated carbocycles. The maximum Gasteiger partial charge on any atom is 0.341 e. The summed E-state index contributed by atoms with van der Waals surface area (Å²) in [5, 5.41) is 18.5. The van der Waals surface area contributed by atoms with Crippen molar-refractivity contribution in [1.29, 1.82) is 0 Å². The minimum absolute atomic E-state index is 0.174. The zero-order valence-electron chi connectivity index (χ0n) is 15.9. The minimum atomic E-state index is -1.28. The highest BCUT2D eigenvalue weighted by Gasteiger charge is 2.31. The lowest BCUT2D eigenvalue weighted by atomic mass is 9.93. The van der Waals surface area contributed by atoms with E-state index in [9.17, 15) is 14.7 Å². The van der Waals surface area contributed by atoms with E-state index in [4.69, 9.17) is 5.11 Å². The fourth-order valence-electron chi connectivity index (χ4n) is 4.52. The number of aliphatic hydroxyl groups is 1. The van der Waals surface area contributed by atoms with E-state index in [1.807, 2.05) is 11.8 Å². The van der Waals surface area contributed by atoms with Crippen molar-refractivity contribution < 1.29 is 19.4 Å². The number of carboxylic acid groups (broad SMARTS) is 1. The second-order valence-electron chi connectivity index (χ2n) is 8.01. The van der Waals surface area contributed by atoms with Crippen LogP contribution in [0.2, 0.25) is 0 Å². The van der Waals surface area contributed by atoms with Crippen LogP contribution in [0.3, 0.4) is 0 Å². The third kappa shape index (κ3) is 3.17. The first kappa shape index (κ1) is 18.9. The fraction of sp³-hybridized carbons (Fsp3) is 0.524. The van der Waals surface area contributed by atoms with Crippen LogP contribution < -0.4 is 10.5 Å². The van der Waals surface area contributed by atoms with Crippen LogP contribution in [-0.2, 0) is 0 Å². The van der Waals surface area contributed by atoms with Crippen molar-refractivity contribution in [2.24, 2.45) is 5.92 Å². The number of aryl methyl sites for hydroxylation is 1. The molecule has 2 aliphatic rings. The number of hydrogen-bond acceptors (Lipinski definition) is 4. The number of rotatable bonds is 5. The molecule has 4 rings (SSSR count). The molecule has 6 nitrogen and oxygen atoms in total. The highest BCUT2D eigenvalue weighted by atomic mass is 19.1. The zero-order chi connectivity index (χ0) is 20.0. The number of hydrogen-bond donors (Lipinski definition) is 2. The molecule has 0 unspecified atom stereocenters. The van der Waals surface area contributed by atoms with Gasteiger partial charge in [0.05, 0.1) is 17.4 Å². The van der Waals surface area contributed by atoms with Gasteiger partial charge in [-0.1, -0.05) is 0 Å². The van der Waals surface area contributed by atoms with E-state index in [0.29, 0.717) is 35.8 Å². The van der Waals surface area contributed by atoms with Gasteiger partial charge in [0.25, 0.3) is 5.56 Å². The molecule has 3 heterocycles. The molecular weight excluding hydrogens is 363 g/mol. The summed E-state index contributed by atoms with van der Waals surface area (Å²) in [6.07, 6.45) is 5.61. The molecule has 1 aliphatic heterocycles. The normalized spacial score (nSPS) is 18.0. The van der Waals surface area contributed by atoms with Crippen LogP contribution in [0.25, 0.3) is 5.52 Å². The second-order valence-corrected chi connectivity index (χ2v) is 8.01. The van der Waals surface area contributed by atoms with Crippen molar-refractivity contribution in [1.82, 2.24) is 4.40 Å². The van der Waals surface area contributed by atoms with E-state index in [-0.39, 0.29) is 18.1 Å². The van der Waals surface area contributed by atoms with Crippen LogP contribution in [0.5, 0.6) is 0 Å². The van der Waals surface area contributed by atoms with Crippen LogP contribution in [0.15, 0.2) is 17.1 Å². The molecule has 1 aliphatic carbocycles. The van der Waals surface area contributed by atoms with E-state index in [0.717, 1.165) is 43.9 Å². The summed E-state index contributed by atoms with van der Waals surface area (Å²) in [6.45, 7) is 3.40. The molecule has 1 saturated heterocycles. The van der Waals surface area contributed by atoms with Gasteiger partial charge in [0.2, 0.25) is 0 Å². The lowest BCUT2D eigenvalue weighted by molar-refractivity contribution is 0.0694. The molecule has 150 valence electrons. The number of fused-ring (bicyclic) bond motifs is 1. The van der Waals surface area contributed by atoms with Gasteiger partial charge in [-0.2, -0.15) is 0 Å². The van der Waals surface area contributed by atoms with Crippen LogP contribution in [0, 0.1) is 18.7 Å². The van der Waals surface area contributed by atoms with Gasteiger partial charge in [0, 0.05) is 19.7 Å². The molecule has 28 heavy (non-hydrogen) atoms. The molecule has 2 N–H and O–H groups in total. The number of piperidine rings is 1. The van der Waals surface area contributed by atoms with Gasteiger partial charge >= 0.3 is 5.97 Å². The fourth-order valence-corrected chi connectivity index (χ4v) is 4.52. The van der Waals surface area contributed by atoms with Gasteiger partial charge in [0.15, 0.2) is 5.82 Å². The topological polar surface area (TPSA) is 82.2 Å². The van der Waals surface area contributed by atoms with Crippen molar-refractivity contribution in [3.8, 4) is 0 Å². The Balaban J connectivity index is 1.84. The van der Waals surface area contributed by atoms with E-state index < -0.39 is 17.3 Å². The third-order valence-corrected chi connectivity index (χ3v) is 6.16. The predicted octanol–water partition coefficient (Wildman–Crippen LogP) is 2.92. The number of carbonyl (C=O) groups is 1. The average molecular weight is 388 g/mol. The number of pyridine rings is 2. The molecule has 0 spiro atoms. The Labute approximate surface area is 162 Å². The summed E-state index contributed by atoms with van der Waals surface area (Å²) in [7, 11) is 0. The number of aromatic carboxylic acids is 1. The highest BCUT2D eigenvalue weighted by molar-refractivity contribution is 5.89. The summed E-state index contributed by atoms with van der Waals surface area (Å²) >= 11 is 0. The summed E-state index contributed by atoms with van der Waals surface area (Å²) in [6, 6.07) is 1.49. The van der Waals surface area contributed by atoms with E-state index in [2.05, 4.69) is 0 Å². The second kappa shape index (κ2) is 7.20. The van der Waals surface area contributed by atoms with Gasteiger partial charge in [-0.3, -0.25) is 9.20 Å². The van der Waals surface area contributed by atoms with Gasteiger partial charge in [-0.15, -0.1) is 0 Å². The van der Waals surface area contributed by atoms with Gasteiger partial charge in [-0.05, 0) is 68.1 Å². The number of aromatic nitrogens is 1. The standard InChI is InChI=1S/C21H25FN2O4/c1-12-18-15(14-2-3-14)10-16(21(27)28)20(26)24(18)11-17(22)19(12)23-7-4-13(5-8-23)6-9-25/h10-11,13-14,25H,2-9H2,1H3,(H,27,28). The first-order valence-corrected chi connectivity index (χ1v) is 9.89. The lowest BCUT2D eigenvalue weighted by Crippen LogP contribution is -2.35. The quantitative estimate of drug-likeness (QED) is 0.823. The molecule has 0 bridgehead atoms. The predicted molar refractivity (Wildman–Crippen MR) is 104 cm³/mol. The number of halogens is 1. The number of anilines is 1. The van der Waals surface area contributed by atoms with E-state index in [1.165, 1.54) is 10.5 Å². The number of aliphatic hydroxyl groups excluding tert-OH is 1. The van der Waals surface area contributed by atoms with Crippen molar-refractivity contribution in [3.63, 3.8) is 0 Å². The largest absolute Gasteiger partial charge is 0.477 e.